The molecule has 0 aromatic carbocycles. The van der Waals surface area contributed by atoms with Gasteiger partial charge in [0.2, 0.25) is 5.91 Å². The molecule has 1 fully saturated rings. The first-order chi connectivity index (χ1) is 6.28. The Morgan fingerprint density at radius 2 is 2.14 bits per heavy atom. The van der Waals surface area contributed by atoms with Gasteiger partial charge in [-0.25, -0.2) is 0 Å². The van der Waals surface area contributed by atoms with Gasteiger partial charge in [-0.3, -0.25) is 4.79 Å². The second-order valence-electron chi connectivity index (χ2n) is 5.41. The Morgan fingerprint density at radius 3 is 2.50 bits per heavy atom. The van der Waals surface area contributed by atoms with Crippen LogP contribution in [0.25, 0.3) is 0 Å². The zero-order chi connectivity index (χ0) is 11.0. The highest BCUT2D eigenvalue weighted by atomic mass is 16.2. The first-order valence-corrected chi connectivity index (χ1v) is 5.37. The number of rotatable bonds is 2. The Labute approximate surface area is 86.6 Å². The van der Waals surface area contributed by atoms with Gasteiger partial charge in [0.05, 0.1) is 5.54 Å². The molecule has 1 atom stereocenters. The summed E-state index contributed by atoms with van der Waals surface area (Å²) in [4.78, 5) is 13.9. The maximum Gasteiger partial charge on any atom is 0.242 e. The molecule has 0 bridgehead atoms. The lowest BCUT2D eigenvalue weighted by Crippen LogP contribution is -2.52. The number of carbonyl (C=O) groups excluding carboxylic acids is 1. The molecule has 1 amide bonds. The highest BCUT2D eigenvalue weighted by molar-refractivity contribution is 5.85. The lowest BCUT2D eigenvalue weighted by Gasteiger charge is -2.29. The zero-order valence-corrected chi connectivity index (χ0v) is 9.76. The molecular formula is C11H22N2O. The van der Waals surface area contributed by atoms with E-state index in [9.17, 15) is 4.79 Å². The summed E-state index contributed by atoms with van der Waals surface area (Å²) in [7, 11) is 0. The fourth-order valence-electron chi connectivity index (χ4n) is 1.80. The molecule has 0 spiro atoms. The van der Waals surface area contributed by atoms with Crippen LogP contribution in [0.5, 0.6) is 0 Å². The first kappa shape index (κ1) is 11.5. The van der Waals surface area contributed by atoms with Crippen molar-refractivity contribution in [2.75, 3.05) is 13.1 Å². The second kappa shape index (κ2) is 3.54. The van der Waals surface area contributed by atoms with E-state index in [0.29, 0.717) is 6.42 Å². The van der Waals surface area contributed by atoms with Crippen molar-refractivity contribution >= 4 is 5.91 Å². The number of nitrogens with zero attached hydrogens (tertiary/aromatic N) is 1. The highest BCUT2D eigenvalue weighted by Gasteiger charge is 2.37. The van der Waals surface area contributed by atoms with Gasteiger partial charge in [-0.1, -0.05) is 20.8 Å². The number of hydrogen-bond donors (Lipinski definition) is 1. The van der Waals surface area contributed by atoms with Crippen LogP contribution in [0, 0.1) is 5.41 Å². The van der Waals surface area contributed by atoms with Crippen LogP contribution in [0.4, 0.5) is 0 Å². The minimum atomic E-state index is -0.680. The second-order valence-corrected chi connectivity index (χ2v) is 5.41. The largest absolute Gasteiger partial charge is 0.341 e. The molecule has 1 rings (SSSR count). The zero-order valence-electron chi connectivity index (χ0n) is 9.76. The topological polar surface area (TPSA) is 46.3 Å². The molecule has 1 unspecified atom stereocenters. The van der Waals surface area contributed by atoms with Gasteiger partial charge in [-0.2, -0.15) is 0 Å². The van der Waals surface area contributed by atoms with Crippen molar-refractivity contribution in [1.82, 2.24) is 4.90 Å². The summed E-state index contributed by atoms with van der Waals surface area (Å²) in [6, 6.07) is 0. The minimum absolute atomic E-state index is 0.102. The predicted molar refractivity (Wildman–Crippen MR) is 57.9 cm³/mol. The Kier molecular flexibility index (Phi) is 2.91. The molecule has 0 aliphatic carbocycles. The van der Waals surface area contributed by atoms with E-state index in [-0.39, 0.29) is 11.3 Å². The van der Waals surface area contributed by atoms with E-state index in [1.54, 1.807) is 0 Å². The third kappa shape index (κ3) is 2.27. The molecule has 3 heteroatoms. The van der Waals surface area contributed by atoms with Crippen LogP contribution in [0.1, 0.15) is 40.5 Å². The fourth-order valence-corrected chi connectivity index (χ4v) is 1.80. The van der Waals surface area contributed by atoms with Crippen LogP contribution in [0.15, 0.2) is 0 Å². The smallest absolute Gasteiger partial charge is 0.242 e. The van der Waals surface area contributed by atoms with E-state index in [2.05, 4.69) is 13.8 Å². The average Bonchev–Trinajstić information content (AvgIpc) is 2.44. The number of nitrogens with two attached hydrogens (primary N) is 1. The van der Waals surface area contributed by atoms with Crippen LogP contribution in [-0.4, -0.2) is 29.4 Å². The number of likely N-dealkylation sites (tertiary alicyclic amines) is 1. The molecular weight excluding hydrogens is 176 g/mol. The lowest BCUT2D eigenvalue weighted by atomic mass is 9.93. The van der Waals surface area contributed by atoms with Crippen LogP contribution in [0.3, 0.4) is 0 Å². The summed E-state index contributed by atoms with van der Waals surface area (Å²) >= 11 is 0. The normalized spacial score (nSPS) is 24.8. The summed E-state index contributed by atoms with van der Waals surface area (Å²) in [5, 5.41) is 0. The molecule has 3 nitrogen and oxygen atoms in total. The van der Waals surface area contributed by atoms with E-state index in [0.717, 1.165) is 19.5 Å². The summed E-state index contributed by atoms with van der Waals surface area (Å²) < 4.78 is 0. The molecule has 14 heavy (non-hydrogen) atoms. The molecule has 0 radical (unpaired) electrons. The summed E-state index contributed by atoms with van der Waals surface area (Å²) in [5.41, 5.74) is 5.52. The van der Waals surface area contributed by atoms with Crippen molar-refractivity contribution in [2.24, 2.45) is 11.1 Å². The molecule has 0 aromatic heterocycles. The van der Waals surface area contributed by atoms with Gasteiger partial charge in [-0.05, 0) is 25.2 Å². The van der Waals surface area contributed by atoms with Crippen molar-refractivity contribution in [3.05, 3.63) is 0 Å². The third-order valence-electron chi connectivity index (χ3n) is 3.19. The lowest BCUT2D eigenvalue weighted by molar-refractivity contribution is -0.135. The molecule has 0 aromatic rings. The van der Waals surface area contributed by atoms with Gasteiger partial charge in [0.15, 0.2) is 0 Å². The van der Waals surface area contributed by atoms with Crippen molar-refractivity contribution < 1.29 is 4.79 Å². The van der Waals surface area contributed by atoms with E-state index < -0.39 is 5.54 Å². The van der Waals surface area contributed by atoms with Crippen molar-refractivity contribution in [3.63, 3.8) is 0 Å². The number of carbonyl (C=O) groups is 1. The monoisotopic (exact) mass is 198 g/mol. The van der Waals surface area contributed by atoms with Gasteiger partial charge in [0.25, 0.3) is 0 Å². The van der Waals surface area contributed by atoms with Gasteiger partial charge in [-0.15, -0.1) is 0 Å². The average molecular weight is 198 g/mol. The first-order valence-electron chi connectivity index (χ1n) is 5.37. The maximum atomic E-state index is 12.0. The molecule has 1 heterocycles. The Morgan fingerprint density at radius 1 is 1.57 bits per heavy atom. The number of amides is 1. The van der Waals surface area contributed by atoms with Crippen molar-refractivity contribution in [3.8, 4) is 0 Å². The summed E-state index contributed by atoms with van der Waals surface area (Å²) in [6.45, 7) is 9.87. The van der Waals surface area contributed by atoms with E-state index in [1.807, 2.05) is 18.7 Å². The van der Waals surface area contributed by atoms with Gasteiger partial charge in [0, 0.05) is 13.1 Å². The summed E-state index contributed by atoms with van der Waals surface area (Å²) in [6.07, 6.45) is 1.78. The molecule has 1 aliphatic heterocycles. The predicted octanol–water partition coefficient (Wildman–Crippen LogP) is 1.37. The SMILES string of the molecule is CCC(C)(N)C(=O)N1CCC(C)(C)C1. The standard InChI is InChI=1S/C11H22N2O/c1-5-11(4,12)9(14)13-7-6-10(2,3)8-13/h5-8,12H2,1-4H3. The number of hydrogen-bond acceptors (Lipinski definition) is 2. The van der Waals surface area contributed by atoms with Crippen LogP contribution >= 0.6 is 0 Å². The summed E-state index contributed by atoms with van der Waals surface area (Å²) in [5.74, 6) is 0.102. The minimum Gasteiger partial charge on any atom is -0.341 e. The van der Waals surface area contributed by atoms with Crippen LogP contribution < -0.4 is 5.73 Å². The fraction of sp³-hybridized carbons (Fsp3) is 0.909. The Balaban J connectivity index is 2.65. The third-order valence-corrected chi connectivity index (χ3v) is 3.19. The quantitative estimate of drug-likeness (QED) is 0.728. The van der Waals surface area contributed by atoms with Crippen molar-refractivity contribution in [1.29, 1.82) is 0 Å². The van der Waals surface area contributed by atoms with E-state index in [4.69, 9.17) is 5.73 Å². The highest BCUT2D eigenvalue weighted by Crippen LogP contribution is 2.30. The Hall–Kier alpha value is -0.570. The Bertz CT molecular complexity index is 233. The molecule has 0 saturated carbocycles. The van der Waals surface area contributed by atoms with Crippen LogP contribution in [0.2, 0.25) is 0 Å². The van der Waals surface area contributed by atoms with Crippen molar-refractivity contribution in [2.45, 2.75) is 46.1 Å². The van der Waals surface area contributed by atoms with E-state index in [1.165, 1.54) is 0 Å². The molecule has 2 N–H and O–H groups in total. The molecule has 1 aliphatic rings. The molecule has 82 valence electrons. The van der Waals surface area contributed by atoms with Gasteiger partial charge >= 0.3 is 0 Å². The van der Waals surface area contributed by atoms with Crippen LogP contribution in [-0.2, 0) is 4.79 Å². The van der Waals surface area contributed by atoms with Gasteiger partial charge in [0.1, 0.15) is 0 Å². The van der Waals surface area contributed by atoms with E-state index >= 15 is 0 Å². The maximum absolute atomic E-state index is 12.0. The van der Waals surface area contributed by atoms with Gasteiger partial charge < -0.3 is 10.6 Å². The molecule has 1 saturated heterocycles.